The predicted molar refractivity (Wildman–Crippen MR) is 74.3 cm³/mol. The van der Waals surface area contributed by atoms with Gasteiger partial charge < -0.3 is 9.67 Å². The van der Waals surface area contributed by atoms with Crippen molar-refractivity contribution in [2.75, 3.05) is 0 Å². The van der Waals surface area contributed by atoms with Crippen molar-refractivity contribution < 1.29 is 9.90 Å². The van der Waals surface area contributed by atoms with E-state index in [2.05, 4.69) is 20.5 Å². The van der Waals surface area contributed by atoms with E-state index in [0.29, 0.717) is 0 Å². The van der Waals surface area contributed by atoms with Gasteiger partial charge in [0.1, 0.15) is 0 Å². The summed E-state index contributed by atoms with van der Waals surface area (Å²) in [5, 5.41) is 8.90. The highest BCUT2D eigenvalue weighted by atomic mass is 79.9. The third kappa shape index (κ3) is 2.34. The minimum atomic E-state index is -0.803. The SMILES string of the molecule is Cc1cc(CC(=O)O)c(C)n1-c1ccccc1Br. The van der Waals surface area contributed by atoms with Crippen molar-refractivity contribution in [2.24, 2.45) is 0 Å². The first-order chi connectivity index (χ1) is 8.50. The van der Waals surface area contributed by atoms with Crippen molar-refractivity contribution in [1.29, 1.82) is 0 Å². The summed E-state index contributed by atoms with van der Waals surface area (Å²) in [4.78, 5) is 10.8. The van der Waals surface area contributed by atoms with Crippen LogP contribution in [0.25, 0.3) is 5.69 Å². The third-order valence-electron chi connectivity index (χ3n) is 2.97. The van der Waals surface area contributed by atoms with Crippen LogP contribution in [0.15, 0.2) is 34.8 Å². The fourth-order valence-corrected chi connectivity index (χ4v) is 2.64. The summed E-state index contributed by atoms with van der Waals surface area (Å²) in [5.41, 5.74) is 3.90. The molecular weight excluding hydrogens is 294 g/mol. The lowest BCUT2D eigenvalue weighted by molar-refractivity contribution is -0.136. The monoisotopic (exact) mass is 307 g/mol. The number of aromatic nitrogens is 1. The molecule has 0 aliphatic carbocycles. The summed E-state index contributed by atoms with van der Waals surface area (Å²) in [6.07, 6.45) is 0.0596. The summed E-state index contributed by atoms with van der Waals surface area (Å²) in [5.74, 6) is -0.803. The molecule has 0 saturated carbocycles. The van der Waals surface area contributed by atoms with Crippen LogP contribution in [0.4, 0.5) is 0 Å². The van der Waals surface area contributed by atoms with Crippen LogP contribution in [0.2, 0.25) is 0 Å². The van der Waals surface area contributed by atoms with E-state index in [9.17, 15) is 4.79 Å². The second-order valence-corrected chi connectivity index (χ2v) is 5.11. The van der Waals surface area contributed by atoms with Gasteiger partial charge in [0.2, 0.25) is 0 Å². The molecule has 3 nitrogen and oxygen atoms in total. The normalized spacial score (nSPS) is 10.6. The lowest BCUT2D eigenvalue weighted by Crippen LogP contribution is -2.03. The molecule has 2 aromatic rings. The number of para-hydroxylation sites is 1. The number of carbonyl (C=O) groups is 1. The van der Waals surface area contributed by atoms with Crippen LogP contribution < -0.4 is 0 Å². The fraction of sp³-hybridized carbons (Fsp3) is 0.214. The molecule has 94 valence electrons. The van der Waals surface area contributed by atoms with Gasteiger partial charge in [-0.15, -0.1) is 0 Å². The Balaban J connectivity index is 2.56. The van der Waals surface area contributed by atoms with Gasteiger partial charge in [-0.25, -0.2) is 0 Å². The maximum Gasteiger partial charge on any atom is 0.307 e. The summed E-state index contributed by atoms with van der Waals surface area (Å²) in [6.45, 7) is 3.93. The Morgan fingerprint density at radius 1 is 1.33 bits per heavy atom. The van der Waals surface area contributed by atoms with Crippen molar-refractivity contribution in [3.8, 4) is 5.69 Å². The Morgan fingerprint density at radius 3 is 2.61 bits per heavy atom. The van der Waals surface area contributed by atoms with E-state index in [1.165, 1.54) is 0 Å². The highest BCUT2D eigenvalue weighted by Crippen LogP contribution is 2.26. The lowest BCUT2D eigenvalue weighted by atomic mass is 10.2. The zero-order valence-electron chi connectivity index (χ0n) is 10.3. The molecule has 0 atom stereocenters. The fourth-order valence-electron chi connectivity index (χ4n) is 2.17. The molecule has 1 N–H and O–H groups in total. The molecule has 0 aliphatic rings. The van der Waals surface area contributed by atoms with Gasteiger partial charge in [-0.1, -0.05) is 12.1 Å². The molecule has 1 aromatic carbocycles. The van der Waals surface area contributed by atoms with Gasteiger partial charge in [0, 0.05) is 15.9 Å². The standard InChI is InChI=1S/C14H14BrNO2/c1-9-7-11(8-14(17)18)10(2)16(9)13-6-4-3-5-12(13)15/h3-7H,8H2,1-2H3,(H,17,18). The number of benzene rings is 1. The Kier molecular flexibility index (Phi) is 3.57. The van der Waals surface area contributed by atoms with Gasteiger partial charge in [-0.3, -0.25) is 4.79 Å². The van der Waals surface area contributed by atoms with Gasteiger partial charge in [0.05, 0.1) is 12.1 Å². The number of nitrogens with zero attached hydrogens (tertiary/aromatic N) is 1. The number of aliphatic carboxylic acids is 1. The van der Waals surface area contributed by atoms with Crippen LogP contribution in [0.1, 0.15) is 17.0 Å². The van der Waals surface area contributed by atoms with Crippen LogP contribution in [-0.4, -0.2) is 15.6 Å². The second-order valence-electron chi connectivity index (χ2n) is 4.25. The van der Waals surface area contributed by atoms with E-state index in [1.807, 2.05) is 44.2 Å². The number of aryl methyl sites for hydroxylation is 1. The molecule has 4 heteroatoms. The number of halogens is 1. The molecule has 0 bridgehead atoms. The number of carboxylic acids is 1. The molecule has 0 amide bonds. The van der Waals surface area contributed by atoms with E-state index in [1.54, 1.807) is 0 Å². The zero-order valence-corrected chi connectivity index (χ0v) is 11.9. The van der Waals surface area contributed by atoms with Gasteiger partial charge >= 0.3 is 5.97 Å². The molecule has 1 aromatic heterocycles. The smallest absolute Gasteiger partial charge is 0.307 e. The van der Waals surface area contributed by atoms with E-state index >= 15 is 0 Å². The third-order valence-corrected chi connectivity index (χ3v) is 3.64. The molecule has 0 saturated heterocycles. The van der Waals surface area contributed by atoms with Crippen LogP contribution in [0.5, 0.6) is 0 Å². The maximum atomic E-state index is 10.8. The molecule has 2 rings (SSSR count). The Labute approximate surface area is 114 Å². The maximum absolute atomic E-state index is 10.8. The number of rotatable bonds is 3. The van der Waals surface area contributed by atoms with Crippen molar-refractivity contribution in [2.45, 2.75) is 20.3 Å². The van der Waals surface area contributed by atoms with Crippen LogP contribution in [-0.2, 0) is 11.2 Å². The molecule has 0 aliphatic heterocycles. The Hall–Kier alpha value is -1.55. The van der Waals surface area contributed by atoms with Gasteiger partial charge in [0.15, 0.2) is 0 Å². The second kappa shape index (κ2) is 4.98. The zero-order chi connectivity index (χ0) is 13.3. The summed E-state index contributed by atoms with van der Waals surface area (Å²) < 4.78 is 3.07. The highest BCUT2D eigenvalue weighted by molar-refractivity contribution is 9.10. The van der Waals surface area contributed by atoms with E-state index in [-0.39, 0.29) is 6.42 Å². The van der Waals surface area contributed by atoms with Crippen molar-refractivity contribution >= 4 is 21.9 Å². The molecule has 1 heterocycles. The van der Waals surface area contributed by atoms with Gasteiger partial charge in [-0.05, 0) is 53.5 Å². The predicted octanol–water partition coefficient (Wildman–Crippen LogP) is 3.48. The van der Waals surface area contributed by atoms with E-state index < -0.39 is 5.97 Å². The highest BCUT2D eigenvalue weighted by Gasteiger charge is 2.14. The average Bonchev–Trinajstić information content (AvgIpc) is 2.55. The molecule has 0 radical (unpaired) electrons. The van der Waals surface area contributed by atoms with E-state index in [0.717, 1.165) is 27.1 Å². The number of hydrogen-bond acceptors (Lipinski definition) is 1. The van der Waals surface area contributed by atoms with Crippen molar-refractivity contribution in [1.82, 2.24) is 4.57 Å². The minimum absolute atomic E-state index is 0.0596. The molecule has 0 unspecified atom stereocenters. The first kappa shape index (κ1) is 12.9. The largest absolute Gasteiger partial charge is 0.481 e. The minimum Gasteiger partial charge on any atom is -0.481 e. The molecule has 0 spiro atoms. The van der Waals surface area contributed by atoms with Crippen LogP contribution in [0, 0.1) is 13.8 Å². The summed E-state index contributed by atoms with van der Waals surface area (Å²) >= 11 is 3.52. The van der Waals surface area contributed by atoms with Crippen molar-refractivity contribution in [3.05, 3.63) is 51.8 Å². The average molecular weight is 308 g/mol. The molecule has 0 fully saturated rings. The first-order valence-electron chi connectivity index (χ1n) is 5.65. The topological polar surface area (TPSA) is 42.2 Å². The van der Waals surface area contributed by atoms with Gasteiger partial charge in [-0.2, -0.15) is 0 Å². The molecular formula is C14H14BrNO2. The lowest BCUT2D eigenvalue weighted by Gasteiger charge is -2.11. The Bertz CT molecular complexity index is 602. The first-order valence-corrected chi connectivity index (χ1v) is 6.44. The van der Waals surface area contributed by atoms with Crippen LogP contribution >= 0.6 is 15.9 Å². The number of hydrogen-bond donors (Lipinski definition) is 1. The van der Waals surface area contributed by atoms with Gasteiger partial charge in [0.25, 0.3) is 0 Å². The summed E-state index contributed by atoms with van der Waals surface area (Å²) in [7, 11) is 0. The van der Waals surface area contributed by atoms with Crippen molar-refractivity contribution in [3.63, 3.8) is 0 Å². The quantitative estimate of drug-likeness (QED) is 0.943. The van der Waals surface area contributed by atoms with E-state index in [4.69, 9.17) is 5.11 Å². The number of carboxylic acid groups (broad SMARTS) is 1. The summed E-state index contributed by atoms with van der Waals surface area (Å²) in [6, 6.07) is 9.85. The van der Waals surface area contributed by atoms with Crippen LogP contribution in [0.3, 0.4) is 0 Å². The molecule has 18 heavy (non-hydrogen) atoms. The Morgan fingerprint density at radius 2 is 2.00 bits per heavy atom.